The Kier molecular flexibility index (Phi) is 3.50. The van der Waals surface area contributed by atoms with Crippen LogP contribution in [0.5, 0.6) is 0 Å². The van der Waals surface area contributed by atoms with E-state index in [2.05, 4.69) is 42.8 Å². The molecule has 0 aliphatic rings. The first-order valence-corrected chi connectivity index (χ1v) is 5.21. The Bertz CT molecular complexity index is 305. The predicted molar refractivity (Wildman–Crippen MR) is 62.0 cm³/mol. The Morgan fingerprint density at radius 3 is 2.50 bits per heavy atom. The molecule has 0 saturated carbocycles. The van der Waals surface area contributed by atoms with Crippen molar-refractivity contribution in [3.05, 3.63) is 23.4 Å². The van der Waals surface area contributed by atoms with Gasteiger partial charge in [-0.3, -0.25) is 0 Å². The molecule has 78 valence electrons. The van der Waals surface area contributed by atoms with Crippen molar-refractivity contribution < 1.29 is 0 Å². The summed E-state index contributed by atoms with van der Waals surface area (Å²) in [7, 11) is 4.07. The molecule has 0 fully saturated rings. The molecule has 1 aromatic heterocycles. The quantitative estimate of drug-likeness (QED) is 0.732. The van der Waals surface area contributed by atoms with E-state index >= 15 is 0 Å². The van der Waals surface area contributed by atoms with E-state index in [0.717, 1.165) is 12.2 Å². The van der Waals surface area contributed by atoms with Gasteiger partial charge in [0.1, 0.15) is 5.82 Å². The highest BCUT2D eigenvalue weighted by molar-refractivity contribution is 5.45. The van der Waals surface area contributed by atoms with Crippen LogP contribution in [0.1, 0.15) is 37.4 Å². The van der Waals surface area contributed by atoms with E-state index in [1.807, 2.05) is 14.1 Å². The van der Waals surface area contributed by atoms with E-state index in [9.17, 15) is 0 Å². The van der Waals surface area contributed by atoms with E-state index in [1.54, 1.807) is 0 Å². The standard InChI is InChI=1S/C12H20N2/c1-6-9(2)11-8-7-10(3)12(13-11)14(4)5/h7-9H,6H2,1-5H3. The second-order valence-corrected chi connectivity index (χ2v) is 4.08. The molecule has 1 aromatic rings. The average molecular weight is 192 g/mol. The van der Waals surface area contributed by atoms with Crippen molar-refractivity contribution in [2.75, 3.05) is 19.0 Å². The summed E-state index contributed by atoms with van der Waals surface area (Å²) in [5, 5.41) is 0. The molecule has 2 nitrogen and oxygen atoms in total. The molecular weight excluding hydrogens is 172 g/mol. The average Bonchev–Trinajstić information content (AvgIpc) is 2.17. The summed E-state index contributed by atoms with van der Waals surface area (Å²) in [4.78, 5) is 6.74. The summed E-state index contributed by atoms with van der Waals surface area (Å²) in [5.41, 5.74) is 2.43. The molecule has 0 amide bonds. The molecule has 1 unspecified atom stereocenters. The largest absolute Gasteiger partial charge is 0.363 e. The number of nitrogens with zero attached hydrogens (tertiary/aromatic N) is 2. The molecule has 0 saturated heterocycles. The maximum Gasteiger partial charge on any atom is 0.131 e. The Hall–Kier alpha value is -1.05. The van der Waals surface area contributed by atoms with E-state index < -0.39 is 0 Å². The molecule has 0 bridgehead atoms. The minimum atomic E-state index is 0.550. The zero-order valence-corrected chi connectivity index (χ0v) is 9.83. The van der Waals surface area contributed by atoms with Gasteiger partial charge in [0.05, 0.1) is 0 Å². The molecule has 0 radical (unpaired) electrons. The van der Waals surface area contributed by atoms with Crippen LogP contribution in [0.3, 0.4) is 0 Å². The second kappa shape index (κ2) is 4.45. The molecule has 2 heteroatoms. The highest BCUT2D eigenvalue weighted by Crippen LogP contribution is 2.21. The van der Waals surface area contributed by atoms with Gasteiger partial charge in [-0.1, -0.05) is 19.9 Å². The highest BCUT2D eigenvalue weighted by Gasteiger charge is 2.08. The fourth-order valence-electron chi connectivity index (χ4n) is 1.47. The maximum atomic E-state index is 4.67. The van der Waals surface area contributed by atoms with Crippen LogP contribution in [0.25, 0.3) is 0 Å². The third-order valence-electron chi connectivity index (χ3n) is 2.63. The molecule has 0 aliphatic carbocycles. The van der Waals surface area contributed by atoms with Gasteiger partial charge in [0.15, 0.2) is 0 Å². The number of hydrogen-bond donors (Lipinski definition) is 0. The lowest BCUT2D eigenvalue weighted by Crippen LogP contribution is -2.13. The molecule has 0 aliphatic heterocycles. The lowest BCUT2D eigenvalue weighted by atomic mass is 10.0. The van der Waals surface area contributed by atoms with Crippen molar-refractivity contribution in [2.24, 2.45) is 0 Å². The molecule has 14 heavy (non-hydrogen) atoms. The zero-order valence-electron chi connectivity index (χ0n) is 9.83. The summed E-state index contributed by atoms with van der Waals surface area (Å²) in [6.07, 6.45) is 1.14. The summed E-state index contributed by atoms with van der Waals surface area (Å²) in [6, 6.07) is 4.29. The molecule has 0 aromatic carbocycles. The van der Waals surface area contributed by atoms with E-state index in [1.165, 1.54) is 11.3 Å². The summed E-state index contributed by atoms with van der Waals surface area (Å²) in [5.74, 6) is 1.64. The van der Waals surface area contributed by atoms with Crippen LogP contribution in [0.4, 0.5) is 5.82 Å². The van der Waals surface area contributed by atoms with Gasteiger partial charge in [-0.05, 0) is 30.9 Å². The number of aromatic nitrogens is 1. The Labute approximate surface area is 87.0 Å². The Morgan fingerprint density at radius 2 is 2.00 bits per heavy atom. The third kappa shape index (κ3) is 2.25. The Balaban J connectivity index is 3.06. The number of pyridine rings is 1. The minimum Gasteiger partial charge on any atom is -0.363 e. The predicted octanol–water partition coefficient (Wildman–Crippen LogP) is 2.97. The van der Waals surface area contributed by atoms with Crippen LogP contribution in [0.15, 0.2) is 12.1 Å². The van der Waals surface area contributed by atoms with E-state index in [4.69, 9.17) is 0 Å². The maximum absolute atomic E-state index is 4.67. The van der Waals surface area contributed by atoms with Crippen molar-refractivity contribution >= 4 is 5.82 Å². The van der Waals surface area contributed by atoms with Crippen molar-refractivity contribution in [3.63, 3.8) is 0 Å². The Morgan fingerprint density at radius 1 is 1.36 bits per heavy atom. The van der Waals surface area contributed by atoms with Crippen molar-refractivity contribution in [3.8, 4) is 0 Å². The van der Waals surface area contributed by atoms with Crippen LogP contribution in [-0.4, -0.2) is 19.1 Å². The zero-order chi connectivity index (χ0) is 10.7. The van der Waals surface area contributed by atoms with Crippen LogP contribution in [-0.2, 0) is 0 Å². The molecular formula is C12H20N2. The van der Waals surface area contributed by atoms with Gasteiger partial charge in [-0.2, -0.15) is 0 Å². The van der Waals surface area contributed by atoms with Gasteiger partial charge in [-0.25, -0.2) is 4.98 Å². The normalized spacial score (nSPS) is 12.6. The first-order valence-electron chi connectivity index (χ1n) is 5.21. The lowest BCUT2D eigenvalue weighted by Gasteiger charge is -2.17. The van der Waals surface area contributed by atoms with E-state index in [0.29, 0.717) is 5.92 Å². The van der Waals surface area contributed by atoms with Crippen molar-refractivity contribution in [1.29, 1.82) is 0 Å². The second-order valence-electron chi connectivity index (χ2n) is 4.08. The molecule has 1 rings (SSSR count). The van der Waals surface area contributed by atoms with Crippen LogP contribution in [0.2, 0.25) is 0 Å². The monoisotopic (exact) mass is 192 g/mol. The van der Waals surface area contributed by atoms with Crippen LogP contribution in [0, 0.1) is 6.92 Å². The SMILES string of the molecule is CCC(C)c1ccc(C)c(N(C)C)n1. The van der Waals surface area contributed by atoms with E-state index in [-0.39, 0.29) is 0 Å². The van der Waals surface area contributed by atoms with Gasteiger partial charge in [0, 0.05) is 19.8 Å². The minimum absolute atomic E-state index is 0.550. The number of anilines is 1. The lowest BCUT2D eigenvalue weighted by molar-refractivity contribution is 0.706. The van der Waals surface area contributed by atoms with Crippen LogP contribution >= 0.6 is 0 Å². The van der Waals surface area contributed by atoms with Gasteiger partial charge in [-0.15, -0.1) is 0 Å². The summed E-state index contributed by atoms with van der Waals surface area (Å²) >= 11 is 0. The molecule has 0 spiro atoms. The summed E-state index contributed by atoms with van der Waals surface area (Å²) in [6.45, 7) is 6.52. The first kappa shape index (κ1) is 11.0. The fraction of sp³-hybridized carbons (Fsp3) is 0.583. The van der Waals surface area contributed by atoms with Crippen molar-refractivity contribution in [1.82, 2.24) is 4.98 Å². The van der Waals surface area contributed by atoms with Crippen LogP contribution < -0.4 is 4.90 Å². The van der Waals surface area contributed by atoms with Crippen molar-refractivity contribution in [2.45, 2.75) is 33.1 Å². The molecule has 1 heterocycles. The van der Waals surface area contributed by atoms with Gasteiger partial charge in [0.25, 0.3) is 0 Å². The number of hydrogen-bond acceptors (Lipinski definition) is 2. The topological polar surface area (TPSA) is 16.1 Å². The summed E-state index contributed by atoms with van der Waals surface area (Å²) < 4.78 is 0. The van der Waals surface area contributed by atoms with Gasteiger partial charge in [0.2, 0.25) is 0 Å². The number of rotatable bonds is 3. The first-order chi connectivity index (χ1) is 6.56. The molecule has 0 N–H and O–H groups in total. The molecule has 1 atom stereocenters. The fourth-order valence-corrected chi connectivity index (χ4v) is 1.47. The highest BCUT2D eigenvalue weighted by atomic mass is 15.1. The van der Waals surface area contributed by atoms with Gasteiger partial charge >= 0.3 is 0 Å². The number of aryl methyl sites for hydroxylation is 1. The third-order valence-corrected chi connectivity index (χ3v) is 2.63. The smallest absolute Gasteiger partial charge is 0.131 e. The van der Waals surface area contributed by atoms with Gasteiger partial charge < -0.3 is 4.90 Å².